The van der Waals surface area contributed by atoms with Crippen LogP contribution < -0.4 is 5.32 Å². The molecule has 0 aliphatic heterocycles. The van der Waals surface area contributed by atoms with Gasteiger partial charge in [0, 0.05) is 10.9 Å². The smallest absolute Gasteiger partial charge is 0.257 e. The van der Waals surface area contributed by atoms with Gasteiger partial charge in [-0.05, 0) is 18.2 Å². The average Bonchev–Trinajstić information content (AvgIpc) is 2.80. The van der Waals surface area contributed by atoms with Gasteiger partial charge >= 0.3 is 0 Å². The second-order valence-corrected chi connectivity index (χ2v) is 4.89. The highest BCUT2D eigenvalue weighted by Crippen LogP contribution is 2.19. The molecule has 0 aliphatic rings. The standard InChI is InChI=1S/C11H7Cl2FN2OS/c12-4-7-5-18-11(15-7)16-10(17)6-1-2-8(13)9(14)3-6/h1-3,5H,4H2,(H,15,16,17). The van der Waals surface area contributed by atoms with Crippen molar-refractivity contribution in [3.63, 3.8) is 0 Å². The molecule has 3 nitrogen and oxygen atoms in total. The van der Waals surface area contributed by atoms with E-state index < -0.39 is 11.7 Å². The highest BCUT2D eigenvalue weighted by molar-refractivity contribution is 7.14. The van der Waals surface area contributed by atoms with E-state index in [1.807, 2.05) is 0 Å². The van der Waals surface area contributed by atoms with Gasteiger partial charge in [0.2, 0.25) is 0 Å². The van der Waals surface area contributed by atoms with Crippen molar-refractivity contribution < 1.29 is 9.18 Å². The maximum Gasteiger partial charge on any atom is 0.257 e. The Kier molecular flexibility index (Phi) is 4.16. The number of carbonyl (C=O) groups excluding carboxylic acids is 1. The maximum atomic E-state index is 13.2. The number of thiazole rings is 1. The van der Waals surface area contributed by atoms with Crippen LogP contribution in [0.2, 0.25) is 5.02 Å². The van der Waals surface area contributed by atoms with Crippen molar-refractivity contribution in [1.29, 1.82) is 0 Å². The summed E-state index contributed by atoms with van der Waals surface area (Å²) >= 11 is 12.4. The molecular formula is C11H7Cl2FN2OS. The quantitative estimate of drug-likeness (QED) is 0.873. The number of benzene rings is 1. The Morgan fingerprint density at radius 1 is 1.50 bits per heavy atom. The average molecular weight is 305 g/mol. The largest absolute Gasteiger partial charge is 0.298 e. The van der Waals surface area contributed by atoms with E-state index >= 15 is 0 Å². The SMILES string of the molecule is O=C(Nc1nc(CCl)cs1)c1ccc(Cl)c(F)c1. The minimum absolute atomic E-state index is 0.0229. The molecule has 0 unspecified atom stereocenters. The van der Waals surface area contributed by atoms with E-state index in [1.165, 1.54) is 23.5 Å². The third-order valence-electron chi connectivity index (χ3n) is 2.09. The molecule has 18 heavy (non-hydrogen) atoms. The van der Waals surface area contributed by atoms with E-state index in [1.54, 1.807) is 5.38 Å². The van der Waals surface area contributed by atoms with Crippen LogP contribution in [0.1, 0.15) is 16.1 Å². The zero-order valence-corrected chi connectivity index (χ0v) is 11.2. The number of halogens is 3. The van der Waals surface area contributed by atoms with Crippen LogP contribution in [0.3, 0.4) is 0 Å². The topological polar surface area (TPSA) is 42.0 Å². The van der Waals surface area contributed by atoms with E-state index in [9.17, 15) is 9.18 Å². The number of carbonyl (C=O) groups is 1. The first-order valence-electron chi connectivity index (χ1n) is 4.87. The third kappa shape index (κ3) is 2.98. The van der Waals surface area contributed by atoms with Crippen molar-refractivity contribution >= 4 is 45.6 Å². The predicted octanol–water partition coefficient (Wildman–Crippen LogP) is 3.93. The van der Waals surface area contributed by atoms with E-state index in [0.717, 1.165) is 6.07 Å². The van der Waals surface area contributed by atoms with E-state index in [0.29, 0.717) is 10.8 Å². The molecule has 0 saturated carbocycles. The fourth-order valence-corrected chi connectivity index (χ4v) is 2.28. The van der Waals surface area contributed by atoms with Crippen molar-refractivity contribution in [2.45, 2.75) is 5.88 Å². The Labute approximate surface area is 117 Å². The molecular weight excluding hydrogens is 298 g/mol. The molecule has 0 fully saturated rings. The zero-order valence-electron chi connectivity index (χ0n) is 8.91. The van der Waals surface area contributed by atoms with Crippen LogP contribution in [-0.2, 0) is 5.88 Å². The lowest BCUT2D eigenvalue weighted by atomic mass is 10.2. The highest BCUT2D eigenvalue weighted by Gasteiger charge is 2.11. The first-order valence-corrected chi connectivity index (χ1v) is 6.66. The van der Waals surface area contributed by atoms with Crippen LogP contribution >= 0.6 is 34.5 Å². The molecule has 0 bridgehead atoms. The number of hydrogen-bond donors (Lipinski definition) is 1. The van der Waals surface area contributed by atoms with Crippen molar-refractivity contribution in [1.82, 2.24) is 4.98 Å². The fraction of sp³-hybridized carbons (Fsp3) is 0.0909. The lowest BCUT2D eigenvalue weighted by molar-refractivity contribution is 0.102. The number of hydrogen-bond acceptors (Lipinski definition) is 3. The summed E-state index contributed by atoms with van der Waals surface area (Å²) in [6.45, 7) is 0. The van der Waals surface area contributed by atoms with Gasteiger partial charge in [0.25, 0.3) is 5.91 Å². The Morgan fingerprint density at radius 2 is 2.28 bits per heavy atom. The zero-order chi connectivity index (χ0) is 13.1. The van der Waals surface area contributed by atoms with E-state index in [-0.39, 0.29) is 16.5 Å². The van der Waals surface area contributed by atoms with Gasteiger partial charge in [0.1, 0.15) is 5.82 Å². The van der Waals surface area contributed by atoms with Crippen LogP contribution in [0, 0.1) is 5.82 Å². The summed E-state index contributed by atoms with van der Waals surface area (Å²) < 4.78 is 13.2. The molecule has 0 saturated heterocycles. The second-order valence-electron chi connectivity index (χ2n) is 3.36. The van der Waals surface area contributed by atoms with Crippen LogP contribution in [0.5, 0.6) is 0 Å². The van der Waals surface area contributed by atoms with Gasteiger partial charge < -0.3 is 0 Å². The summed E-state index contributed by atoms with van der Waals surface area (Å²) in [7, 11) is 0. The Hall–Kier alpha value is -1.17. The lowest BCUT2D eigenvalue weighted by Gasteiger charge is -2.02. The van der Waals surface area contributed by atoms with Crippen molar-refractivity contribution in [2.24, 2.45) is 0 Å². The summed E-state index contributed by atoms with van der Waals surface area (Å²) in [5.74, 6) is -0.798. The molecule has 94 valence electrons. The summed E-state index contributed by atoms with van der Waals surface area (Å²) in [6, 6.07) is 3.85. The van der Waals surface area contributed by atoms with Gasteiger partial charge in [-0.1, -0.05) is 11.6 Å². The van der Waals surface area contributed by atoms with Crippen molar-refractivity contribution in [3.8, 4) is 0 Å². The molecule has 0 spiro atoms. The number of rotatable bonds is 3. The van der Waals surface area contributed by atoms with Gasteiger partial charge in [-0.15, -0.1) is 22.9 Å². The first-order chi connectivity index (χ1) is 8.60. The number of aromatic nitrogens is 1. The molecule has 2 rings (SSSR count). The molecule has 1 aromatic carbocycles. The molecule has 7 heteroatoms. The fourth-order valence-electron chi connectivity index (χ4n) is 1.23. The normalized spacial score (nSPS) is 10.4. The summed E-state index contributed by atoms with van der Waals surface area (Å²) in [5, 5.41) is 4.70. The van der Waals surface area contributed by atoms with Crippen LogP contribution in [0.25, 0.3) is 0 Å². The number of anilines is 1. The second kappa shape index (κ2) is 5.65. The molecule has 0 aliphatic carbocycles. The molecule has 2 aromatic rings. The van der Waals surface area contributed by atoms with Gasteiger partial charge in [-0.3, -0.25) is 10.1 Å². The monoisotopic (exact) mass is 304 g/mol. The van der Waals surface area contributed by atoms with Crippen molar-refractivity contribution in [2.75, 3.05) is 5.32 Å². The van der Waals surface area contributed by atoms with Crippen LogP contribution in [-0.4, -0.2) is 10.9 Å². The minimum atomic E-state index is -0.634. The van der Waals surface area contributed by atoms with Gasteiger partial charge in [0.15, 0.2) is 5.13 Å². The van der Waals surface area contributed by atoms with Gasteiger partial charge in [0.05, 0.1) is 16.6 Å². The molecule has 1 N–H and O–H groups in total. The molecule has 0 atom stereocenters. The number of nitrogens with one attached hydrogen (secondary N) is 1. The van der Waals surface area contributed by atoms with Crippen LogP contribution in [0.4, 0.5) is 9.52 Å². The molecule has 0 radical (unpaired) electrons. The van der Waals surface area contributed by atoms with E-state index in [2.05, 4.69) is 10.3 Å². The number of amides is 1. The molecule has 1 heterocycles. The van der Waals surface area contributed by atoms with Crippen molar-refractivity contribution in [3.05, 3.63) is 45.7 Å². The highest BCUT2D eigenvalue weighted by atomic mass is 35.5. The number of nitrogens with zero attached hydrogens (tertiary/aromatic N) is 1. The summed E-state index contributed by atoms with van der Waals surface area (Å²) in [5.41, 5.74) is 0.860. The number of alkyl halides is 1. The molecule has 1 aromatic heterocycles. The Bertz CT molecular complexity index is 588. The molecule has 1 amide bonds. The van der Waals surface area contributed by atoms with Crippen LogP contribution in [0.15, 0.2) is 23.6 Å². The third-order valence-corrected chi connectivity index (χ3v) is 3.48. The van der Waals surface area contributed by atoms with E-state index in [4.69, 9.17) is 23.2 Å². The lowest BCUT2D eigenvalue weighted by Crippen LogP contribution is -2.12. The Balaban J connectivity index is 2.14. The van der Waals surface area contributed by atoms with Gasteiger partial charge in [-0.25, -0.2) is 9.37 Å². The summed E-state index contributed by atoms with van der Waals surface area (Å²) in [4.78, 5) is 15.9. The maximum absolute atomic E-state index is 13.2. The first kappa shape index (κ1) is 13.3. The van der Waals surface area contributed by atoms with Gasteiger partial charge in [-0.2, -0.15) is 0 Å². The Morgan fingerprint density at radius 3 is 2.89 bits per heavy atom. The minimum Gasteiger partial charge on any atom is -0.298 e. The summed E-state index contributed by atoms with van der Waals surface area (Å²) in [6.07, 6.45) is 0. The predicted molar refractivity (Wildman–Crippen MR) is 71.0 cm³/mol.